The number of anilines is 1. The number of carbonyl (C=O) groups excluding carboxylic acids is 1. The van der Waals surface area contributed by atoms with Crippen molar-refractivity contribution in [1.82, 2.24) is 30.0 Å². The zero-order valence-electron chi connectivity index (χ0n) is 16.1. The quantitative estimate of drug-likeness (QED) is 0.828. The van der Waals surface area contributed by atoms with Gasteiger partial charge < -0.3 is 15.1 Å². The summed E-state index contributed by atoms with van der Waals surface area (Å²) in [5.74, 6) is 0.812. The van der Waals surface area contributed by atoms with Crippen molar-refractivity contribution in [3.05, 3.63) is 18.5 Å². The fourth-order valence-corrected chi connectivity index (χ4v) is 4.40. The average molecular weight is 374 g/mol. The highest BCUT2D eigenvalue weighted by Crippen LogP contribution is 2.21. The molecular formula is C19H31N7O. The van der Waals surface area contributed by atoms with Crippen molar-refractivity contribution in [2.45, 2.75) is 25.3 Å². The second kappa shape index (κ2) is 8.84. The van der Waals surface area contributed by atoms with Gasteiger partial charge in [-0.05, 0) is 25.5 Å². The molecule has 0 radical (unpaired) electrons. The molecule has 4 rings (SSSR count). The van der Waals surface area contributed by atoms with E-state index in [2.05, 4.69) is 30.0 Å². The summed E-state index contributed by atoms with van der Waals surface area (Å²) in [7, 11) is 0. The Morgan fingerprint density at radius 3 is 2.67 bits per heavy atom. The maximum Gasteiger partial charge on any atom is 0.317 e. The minimum Gasteiger partial charge on any atom is -0.338 e. The first-order valence-corrected chi connectivity index (χ1v) is 10.3. The monoisotopic (exact) mass is 373 g/mol. The highest BCUT2D eigenvalue weighted by molar-refractivity contribution is 5.74. The third-order valence-corrected chi connectivity index (χ3v) is 6.04. The van der Waals surface area contributed by atoms with E-state index in [1.165, 1.54) is 25.8 Å². The van der Waals surface area contributed by atoms with Crippen molar-refractivity contribution in [2.75, 3.05) is 70.3 Å². The number of nitrogens with zero attached hydrogens (tertiary/aromatic N) is 6. The van der Waals surface area contributed by atoms with Crippen LogP contribution in [0.5, 0.6) is 0 Å². The molecule has 0 spiro atoms. The molecule has 2 amide bonds. The van der Waals surface area contributed by atoms with Crippen LogP contribution in [0.15, 0.2) is 18.5 Å². The predicted molar refractivity (Wildman–Crippen MR) is 105 cm³/mol. The van der Waals surface area contributed by atoms with Gasteiger partial charge in [0.15, 0.2) is 0 Å². The molecule has 0 aromatic carbocycles. The molecule has 0 saturated carbocycles. The van der Waals surface area contributed by atoms with Crippen LogP contribution >= 0.6 is 0 Å². The highest BCUT2D eigenvalue weighted by Gasteiger charge is 2.30. The van der Waals surface area contributed by atoms with Crippen molar-refractivity contribution in [3.63, 3.8) is 0 Å². The van der Waals surface area contributed by atoms with E-state index in [1.54, 1.807) is 12.4 Å². The Balaban J connectivity index is 1.15. The lowest BCUT2D eigenvalue weighted by Crippen LogP contribution is -2.58. The van der Waals surface area contributed by atoms with Gasteiger partial charge in [-0.1, -0.05) is 6.42 Å². The van der Waals surface area contributed by atoms with Gasteiger partial charge >= 0.3 is 6.03 Å². The van der Waals surface area contributed by atoms with Gasteiger partial charge in [0.1, 0.15) is 0 Å². The number of piperazine rings is 2. The van der Waals surface area contributed by atoms with E-state index in [0.29, 0.717) is 12.6 Å². The van der Waals surface area contributed by atoms with Crippen LogP contribution in [0.25, 0.3) is 0 Å². The fraction of sp³-hybridized carbons (Fsp3) is 0.737. The number of piperidine rings is 1. The molecule has 1 N–H and O–H groups in total. The first-order chi connectivity index (χ1) is 13.3. The van der Waals surface area contributed by atoms with E-state index >= 15 is 0 Å². The number of carbonyl (C=O) groups is 1. The SMILES string of the molecule is O=C(NCCN1CCN(c2ncccn2)CC1)N1CCN2CCCCC2C1. The minimum absolute atomic E-state index is 0.108. The molecule has 148 valence electrons. The van der Waals surface area contributed by atoms with Crippen LogP contribution in [0.3, 0.4) is 0 Å². The van der Waals surface area contributed by atoms with Gasteiger partial charge in [-0.2, -0.15) is 0 Å². The largest absolute Gasteiger partial charge is 0.338 e. The number of fused-ring (bicyclic) bond motifs is 1. The summed E-state index contributed by atoms with van der Waals surface area (Å²) >= 11 is 0. The van der Waals surface area contributed by atoms with E-state index in [9.17, 15) is 4.79 Å². The number of rotatable bonds is 4. The van der Waals surface area contributed by atoms with Crippen LogP contribution in [0.4, 0.5) is 10.7 Å². The van der Waals surface area contributed by atoms with Gasteiger partial charge in [-0.3, -0.25) is 9.80 Å². The van der Waals surface area contributed by atoms with E-state index in [-0.39, 0.29) is 6.03 Å². The van der Waals surface area contributed by atoms with Crippen molar-refractivity contribution < 1.29 is 4.79 Å². The standard InChI is InChI=1S/C19H31N7O/c27-19(26-15-14-24-8-2-1-4-17(24)16-26)22-7-9-23-10-12-25(13-11-23)18-20-5-3-6-21-18/h3,5-6,17H,1-2,4,7-16H2,(H,22,27). The topological polar surface area (TPSA) is 67.8 Å². The van der Waals surface area contributed by atoms with Crippen LogP contribution in [0.1, 0.15) is 19.3 Å². The van der Waals surface area contributed by atoms with Gasteiger partial charge in [-0.25, -0.2) is 14.8 Å². The Hall–Kier alpha value is -1.93. The van der Waals surface area contributed by atoms with Crippen molar-refractivity contribution >= 4 is 12.0 Å². The van der Waals surface area contributed by atoms with Crippen LogP contribution < -0.4 is 10.2 Å². The molecule has 0 aliphatic carbocycles. The molecule has 8 nitrogen and oxygen atoms in total. The van der Waals surface area contributed by atoms with E-state index < -0.39 is 0 Å². The molecule has 27 heavy (non-hydrogen) atoms. The van der Waals surface area contributed by atoms with Gasteiger partial charge in [0.2, 0.25) is 5.95 Å². The Morgan fingerprint density at radius 1 is 1.04 bits per heavy atom. The number of hydrogen-bond acceptors (Lipinski definition) is 6. The zero-order valence-corrected chi connectivity index (χ0v) is 16.1. The number of amides is 2. The lowest BCUT2D eigenvalue weighted by atomic mass is 10.00. The van der Waals surface area contributed by atoms with Gasteiger partial charge in [-0.15, -0.1) is 0 Å². The molecule has 3 fully saturated rings. The molecule has 1 unspecified atom stereocenters. The second-order valence-electron chi connectivity index (χ2n) is 7.74. The lowest BCUT2D eigenvalue weighted by Gasteiger charge is -2.44. The summed E-state index contributed by atoms with van der Waals surface area (Å²) < 4.78 is 0. The molecule has 3 saturated heterocycles. The van der Waals surface area contributed by atoms with Gasteiger partial charge in [0, 0.05) is 77.3 Å². The molecule has 3 aliphatic heterocycles. The Kier molecular flexibility index (Phi) is 6.03. The maximum atomic E-state index is 12.5. The molecule has 1 aromatic rings. The molecule has 0 bridgehead atoms. The molecule has 1 aromatic heterocycles. The third kappa shape index (κ3) is 4.68. The van der Waals surface area contributed by atoms with E-state index in [0.717, 1.165) is 58.3 Å². The molecular weight excluding hydrogens is 342 g/mol. The number of urea groups is 1. The predicted octanol–water partition coefficient (Wildman–Crippen LogP) is 0.478. The fourth-order valence-electron chi connectivity index (χ4n) is 4.40. The number of nitrogens with one attached hydrogen (secondary N) is 1. The second-order valence-corrected chi connectivity index (χ2v) is 7.74. The molecule has 8 heteroatoms. The summed E-state index contributed by atoms with van der Waals surface area (Å²) in [6.07, 6.45) is 7.43. The van der Waals surface area contributed by atoms with Gasteiger partial charge in [0.25, 0.3) is 0 Å². The summed E-state index contributed by atoms with van der Waals surface area (Å²) in [6.45, 7) is 9.43. The van der Waals surface area contributed by atoms with Gasteiger partial charge in [0.05, 0.1) is 0 Å². The summed E-state index contributed by atoms with van der Waals surface area (Å²) in [5.41, 5.74) is 0. The lowest BCUT2D eigenvalue weighted by molar-refractivity contribution is 0.0642. The summed E-state index contributed by atoms with van der Waals surface area (Å²) in [4.78, 5) is 30.3. The number of hydrogen-bond donors (Lipinski definition) is 1. The maximum absolute atomic E-state index is 12.5. The normalized spacial score (nSPS) is 24.5. The number of aromatic nitrogens is 2. The summed E-state index contributed by atoms with van der Waals surface area (Å²) in [5, 5.41) is 3.13. The molecule has 4 heterocycles. The van der Waals surface area contributed by atoms with E-state index in [1.807, 2.05) is 11.0 Å². The first kappa shape index (κ1) is 18.4. The first-order valence-electron chi connectivity index (χ1n) is 10.3. The van der Waals surface area contributed by atoms with Crippen molar-refractivity contribution in [1.29, 1.82) is 0 Å². The average Bonchev–Trinajstić information content (AvgIpc) is 2.74. The molecule has 1 atom stereocenters. The Labute approximate surface area is 161 Å². The smallest absolute Gasteiger partial charge is 0.317 e. The molecule has 3 aliphatic rings. The third-order valence-electron chi connectivity index (χ3n) is 6.04. The van der Waals surface area contributed by atoms with Crippen LogP contribution in [0.2, 0.25) is 0 Å². The highest BCUT2D eigenvalue weighted by atomic mass is 16.2. The van der Waals surface area contributed by atoms with Crippen LogP contribution in [-0.4, -0.2) is 102 Å². The van der Waals surface area contributed by atoms with Crippen molar-refractivity contribution in [3.8, 4) is 0 Å². The van der Waals surface area contributed by atoms with Crippen molar-refractivity contribution in [2.24, 2.45) is 0 Å². The Morgan fingerprint density at radius 2 is 1.85 bits per heavy atom. The van der Waals surface area contributed by atoms with E-state index in [4.69, 9.17) is 0 Å². The Bertz CT molecular complexity index is 605. The van der Waals surface area contributed by atoms with Crippen LogP contribution in [-0.2, 0) is 0 Å². The van der Waals surface area contributed by atoms with Crippen LogP contribution in [0, 0.1) is 0 Å². The zero-order chi connectivity index (χ0) is 18.5. The minimum atomic E-state index is 0.108. The summed E-state index contributed by atoms with van der Waals surface area (Å²) in [6, 6.07) is 2.53.